The minimum Gasteiger partial charge on any atom is -0.376 e. The van der Waals surface area contributed by atoms with Gasteiger partial charge in [0, 0.05) is 23.0 Å². The smallest absolute Gasteiger partial charge is 0.282 e. The number of rotatable bonds is 4. The molecule has 1 unspecified atom stereocenters. The average molecular weight is 540 g/mol. The highest BCUT2D eigenvalue weighted by atomic mass is 35.5. The molecular formula is C24H25Cl3N4O2S. The minimum atomic E-state index is -0.673. The Hall–Kier alpha value is -1.61. The van der Waals surface area contributed by atoms with Gasteiger partial charge in [-0.1, -0.05) is 41.2 Å². The second kappa shape index (κ2) is 9.80. The fraction of sp³-hybridized carbons (Fsp3) is 0.417. The van der Waals surface area contributed by atoms with E-state index in [0.717, 1.165) is 36.4 Å². The molecule has 2 fully saturated rings. The summed E-state index contributed by atoms with van der Waals surface area (Å²) in [5.41, 5.74) is 4.53. The van der Waals surface area contributed by atoms with Gasteiger partial charge in [-0.3, -0.25) is 15.2 Å². The maximum absolute atomic E-state index is 13.5. The molecule has 0 bridgehead atoms. The van der Waals surface area contributed by atoms with Crippen LogP contribution in [-0.2, 0) is 9.53 Å². The average Bonchev–Trinajstić information content (AvgIpc) is 3.35. The zero-order valence-electron chi connectivity index (χ0n) is 18.7. The van der Waals surface area contributed by atoms with Crippen LogP contribution in [0.3, 0.4) is 0 Å². The number of hydrazone groups is 1. The van der Waals surface area contributed by atoms with Gasteiger partial charge >= 0.3 is 0 Å². The van der Waals surface area contributed by atoms with Crippen LogP contribution in [0.1, 0.15) is 31.1 Å². The molecule has 0 saturated carbocycles. The minimum absolute atomic E-state index is 0.203. The molecule has 34 heavy (non-hydrogen) atoms. The maximum atomic E-state index is 13.5. The molecule has 2 saturated heterocycles. The van der Waals surface area contributed by atoms with Gasteiger partial charge in [0.15, 0.2) is 0 Å². The number of hydrogen-bond donors (Lipinski definition) is 1. The third kappa shape index (κ3) is 4.62. The molecule has 0 radical (unpaired) electrons. The summed E-state index contributed by atoms with van der Waals surface area (Å²) >= 11 is 20.4. The van der Waals surface area contributed by atoms with Gasteiger partial charge in [0.25, 0.3) is 5.91 Å². The van der Waals surface area contributed by atoms with E-state index in [-0.39, 0.29) is 11.9 Å². The second-order valence-corrected chi connectivity index (χ2v) is 11.6. The first kappa shape index (κ1) is 24.1. The Bertz CT molecular complexity index is 1160. The lowest BCUT2D eigenvalue weighted by Gasteiger charge is -2.41. The first-order valence-corrected chi connectivity index (χ1v) is 13.2. The van der Waals surface area contributed by atoms with E-state index in [4.69, 9.17) is 44.6 Å². The summed E-state index contributed by atoms with van der Waals surface area (Å²) in [6.45, 7) is 4.51. The number of hydrogen-bond acceptors (Lipinski definition) is 6. The van der Waals surface area contributed by atoms with Crippen LogP contribution in [0.5, 0.6) is 0 Å². The third-order valence-corrected chi connectivity index (χ3v) is 8.24. The predicted molar refractivity (Wildman–Crippen MR) is 140 cm³/mol. The number of hydrazine groups is 1. The lowest BCUT2D eigenvalue weighted by Crippen LogP contribution is -2.56. The van der Waals surface area contributed by atoms with Crippen molar-refractivity contribution in [2.45, 2.75) is 32.2 Å². The zero-order chi connectivity index (χ0) is 23.9. The van der Waals surface area contributed by atoms with Crippen LogP contribution < -0.4 is 10.4 Å². The van der Waals surface area contributed by atoms with E-state index < -0.39 is 5.41 Å². The van der Waals surface area contributed by atoms with Gasteiger partial charge in [-0.05, 0) is 61.7 Å². The number of ether oxygens (including phenoxy) is 1. The third-order valence-electron chi connectivity index (χ3n) is 6.53. The van der Waals surface area contributed by atoms with E-state index in [1.54, 1.807) is 12.1 Å². The van der Waals surface area contributed by atoms with Crippen molar-refractivity contribution in [3.63, 3.8) is 0 Å². The largest absolute Gasteiger partial charge is 0.376 e. The molecule has 1 N–H and O–H groups in total. The topological polar surface area (TPSA) is 57.2 Å². The molecular weight excluding hydrogens is 515 g/mol. The van der Waals surface area contributed by atoms with Gasteiger partial charge in [0.05, 0.1) is 39.7 Å². The van der Waals surface area contributed by atoms with Crippen LogP contribution in [0.2, 0.25) is 14.4 Å². The number of piperidine rings is 1. The van der Waals surface area contributed by atoms with E-state index in [9.17, 15) is 4.79 Å². The van der Waals surface area contributed by atoms with Crippen molar-refractivity contribution in [1.29, 1.82) is 0 Å². The van der Waals surface area contributed by atoms with Crippen molar-refractivity contribution < 1.29 is 9.53 Å². The molecule has 1 aromatic carbocycles. The van der Waals surface area contributed by atoms with E-state index in [0.29, 0.717) is 39.0 Å². The van der Waals surface area contributed by atoms with Crippen LogP contribution in [0.4, 0.5) is 5.69 Å². The number of nitrogens with one attached hydrogen (secondary N) is 1. The van der Waals surface area contributed by atoms with Crippen LogP contribution in [0.25, 0.3) is 6.08 Å². The zero-order valence-corrected chi connectivity index (χ0v) is 21.8. The summed E-state index contributed by atoms with van der Waals surface area (Å²) < 4.78 is 6.75. The molecule has 0 spiro atoms. The van der Waals surface area contributed by atoms with Crippen molar-refractivity contribution in [2.75, 3.05) is 31.3 Å². The molecule has 180 valence electrons. The number of carbonyl (C=O) groups excluding carboxylic acids is 1. The van der Waals surface area contributed by atoms with E-state index in [1.165, 1.54) is 17.8 Å². The molecule has 6 nitrogen and oxygen atoms in total. The van der Waals surface area contributed by atoms with Gasteiger partial charge in [0.1, 0.15) is 5.71 Å². The van der Waals surface area contributed by atoms with Crippen LogP contribution in [-0.4, -0.2) is 49.0 Å². The van der Waals surface area contributed by atoms with Crippen LogP contribution in [0, 0.1) is 5.41 Å². The number of anilines is 1. The molecule has 4 heterocycles. The fourth-order valence-electron chi connectivity index (χ4n) is 4.93. The van der Waals surface area contributed by atoms with Crippen molar-refractivity contribution in [2.24, 2.45) is 10.5 Å². The summed E-state index contributed by atoms with van der Waals surface area (Å²) in [4.78, 5) is 14.5. The van der Waals surface area contributed by atoms with Crippen molar-refractivity contribution in [3.05, 3.63) is 55.2 Å². The maximum Gasteiger partial charge on any atom is 0.282 e. The van der Waals surface area contributed by atoms with Gasteiger partial charge in [0.2, 0.25) is 0 Å². The standard InChI is InChI=1S/C24H25Cl3N4O2S/c1-24-14-33-13-15(11-17-6-8-20(27)34-17)22(24)31(19-7-5-16(25)12-18(19)26)28-21(24)23(32)29-30-9-3-2-4-10-30/h5-8,11-12,22H,2-4,9-10,13-14H2,1H3,(H,29,32)/b15-11+/t22?,24-/m1/s1. The number of benzene rings is 1. The quantitative estimate of drug-likeness (QED) is 0.526. The molecule has 3 aliphatic heterocycles. The number of amides is 1. The van der Waals surface area contributed by atoms with Gasteiger partial charge < -0.3 is 4.74 Å². The highest BCUT2D eigenvalue weighted by molar-refractivity contribution is 7.17. The molecule has 5 rings (SSSR count). The van der Waals surface area contributed by atoms with Gasteiger partial charge in [-0.25, -0.2) is 5.01 Å². The van der Waals surface area contributed by atoms with Crippen molar-refractivity contribution >= 4 is 69.5 Å². The number of carbonyl (C=O) groups is 1. The molecule has 0 aliphatic carbocycles. The van der Waals surface area contributed by atoms with E-state index >= 15 is 0 Å². The molecule has 2 atom stereocenters. The van der Waals surface area contributed by atoms with E-state index in [1.807, 2.05) is 35.1 Å². The Kier molecular flexibility index (Phi) is 6.95. The SMILES string of the molecule is C[C@]12COC/C(=C\c3ccc(Cl)s3)C1N(c1ccc(Cl)cc1Cl)N=C2C(=O)NN1CCCCC1. The predicted octanol–water partition coefficient (Wildman–Crippen LogP) is 5.89. The number of fused-ring (bicyclic) bond motifs is 1. The highest BCUT2D eigenvalue weighted by Crippen LogP contribution is 2.46. The fourth-order valence-corrected chi connectivity index (χ4v) is 6.46. The molecule has 10 heteroatoms. The summed E-state index contributed by atoms with van der Waals surface area (Å²) in [6, 6.07) is 8.92. The number of thiophene rings is 1. The molecule has 1 aromatic heterocycles. The Morgan fingerprint density at radius 1 is 1.21 bits per heavy atom. The van der Waals surface area contributed by atoms with Crippen LogP contribution in [0.15, 0.2) is 41.0 Å². The lowest BCUT2D eigenvalue weighted by molar-refractivity contribution is -0.120. The summed E-state index contributed by atoms with van der Waals surface area (Å²) in [5, 5.41) is 9.72. The van der Waals surface area contributed by atoms with Gasteiger partial charge in [-0.15, -0.1) is 11.3 Å². The first-order valence-electron chi connectivity index (χ1n) is 11.3. The molecule has 3 aliphatic rings. The van der Waals surface area contributed by atoms with E-state index in [2.05, 4.69) is 11.5 Å². The number of halogens is 3. The normalized spacial score (nSPS) is 26.5. The summed E-state index contributed by atoms with van der Waals surface area (Å²) in [5.74, 6) is -0.203. The Morgan fingerprint density at radius 3 is 2.71 bits per heavy atom. The Balaban J connectivity index is 1.56. The monoisotopic (exact) mass is 538 g/mol. The molecule has 1 amide bonds. The van der Waals surface area contributed by atoms with Crippen molar-refractivity contribution in [3.8, 4) is 0 Å². The van der Waals surface area contributed by atoms with Gasteiger partial charge in [-0.2, -0.15) is 5.10 Å². The number of nitrogens with zero attached hydrogens (tertiary/aromatic N) is 3. The second-order valence-electron chi connectivity index (χ2n) is 9.05. The van der Waals surface area contributed by atoms with Crippen molar-refractivity contribution in [1.82, 2.24) is 10.4 Å². The first-order chi connectivity index (χ1) is 16.3. The Morgan fingerprint density at radius 2 is 2.00 bits per heavy atom. The lowest BCUT2D eigenvalue weighted by atomic mass is 9.74. The Labute approximate surface area is 218 Å². The summed E-state index contributed by atoms with van der Waals surface area (Å²) in [7, 11) is 0. The summed E-state index contributed by atoms with van der Waals surface area (Å²) in [6.07, 6.45) is 5.40. The van der Waals surface area contributed by atoms with Crippen LogP contribution >= 0.6 is 46.1 Å². The highest BCUT2D eigenvalue weighted by Gasteiger charge is 2.55. The molecule has 2 aromatic rings.